The normalized spacial score (nSPS) is 12.4. The lowest BCUT2D eigenvalue weighted by Gasteiger charge is -2.22. The van der Waals surface area contributed by atoms with Crippen molar-refractivity contribution in [1.29, 1.82) is 0 Å². The van der Waals surface area contributed by atoms with Crippen LogP contribution in [0.5, 0.6) is 0 Å². The van der Waals surface area contributed by atoms with Crippen LogP contribution in [0.15, 0.2) is 0 Å². The largest absolute Gasteiger partial charge is 0.466 e. The number of amides is 1. The lowest BCUT2D eigenvalue weighted by atomic mass is 10.0. The predicted octanol–water partition coefficient (Wildman–Crippen LogP) is 24.2. The quantitative estimate of drug-likeness (QED) is 0.0417. The summed E-state index contributed by atoms with van der Waals surface area (Å²) in [6, 6.07) is -0.540. The number of aliphatic hydroxyl groups is 2. The summed E-state index contributed by atoms with van der Waals surface area (Å²) in [4.78, 5) is 24.7. The molecule has 0 aromatic heterocycles. The number of aliphatic hydroxyl groups excluding tert-OH is 2. The fourth-order valence-electron chi connectivity index (χ4n) is 12.2. The van der Waals surface area contributed by atoms with Gasteiger partial charge in [-0.1, -0.05) is 399 Å². The minimum Gasteiger partial charge on any atom is -0.466 e. The number of hydrogen-bond donors (Lipinski definition) is 3. The fraction of sp³-hybridized carbons (Fsp3) is 0.973. The highest BCUT2D eigenvalue weighted by Gasteiger charge is 2.20. The van der Waals surface area contributed by atoms with Gasteiger partial charge in [-0.15, -0.1) is 0 Å². The van der Waals surface area contributed by atoms with E-state index in [1.54, 1.807) is 0 Å². The van der Waals surface area contributed by atoms with Crippen LogP contribution in [0.1, 0.15) is 438 Å². The summed E-state index contributed by atoms with van der Waals surface area (Å²) in [7, 11) is 0. The molecule has 6 heteroatoms. The average molecular weight is 1130 g/mol. The number of carbonyl (C=O) groups is 2. The maximum absolute atomic E-state index is 12.5. The van der Waals surface area contributed by atoms with E-state index in [2.05, 4.69) is 19.2 Å². The van der Waals surface area contributed by atoms with Gasteiger partial charge in [0, 0.05) is 12.8 Å². The summed E-state index contributed by atoms with van der Waals surface area (Å²) >= 11 is 0. The van der Waals surface area contributed by atoms with Crippen molar-refractivity contribution in [3.8, 4) is 0 Å². The molecule has 0 saturated carbocycles. The van der Waals surface area contributed by atoms with Gasteiger partial charge in [0.2, 0.25) is 5.91 Å². The highest BCUT2D eigenvalue weighted by atomic mass is 16.5. The Balaban J connectivity index is 3.33. The number of nitrogens with one attached hydrogen (secondary N) is 1. The molecule has 2 atom stereocenters. The summed E-state index contributed by atoms with van der Waals surface area (Å²) < 4.78 is 5.52. The van der Waals surface area contributed by atoms with Crippen molar-refractivity contribution in [1.82, 2.24) is 5.32 Å². The van der Waals surface area contributed by atoms with Crippen LogP contribution >= 0.6 is 0 Å². The Labute approximate surface area is 502 Å². The van der Waals surface area contributed by atoms with Crippen molar-refractivity contribution in [2.75, 3.05) is 13.2 Å². The van der Waals surface area contributed by atoms with E-state index in [1.807, 2.05) is 0 Å². The zero-order chi connectivity index (χ0) is 57.8. The van der Waals surface area contributed by atoms with Gasteiger partial charge in [-0.25, -0.2) is 0 Å². The van der Waals surface area contributed by atoms with Crippen LogP contribution in [0.25, 0.3) is 0 Å². The molecule has 0 aromatic rings. The highest BCUT2D eigenvalue weighted by Crippen LogP contribution is 2.20. The first-order valence-electron chi connectivity index (χ1n) is 37.3. The number of hydrogen-bond acceptors (Lipinski definition) is 5. The molecule has 0 aromatic carbocycles. The van der Waals surface area contributed by atoms with Gasteiger partial charge in [-0.05, 0) is 25.7 Å². The lowest BCUT2D eigenvalue weighted by molar-refractivity contribution is -0.143. The van der Waals surface area contributed by atoms with E-state index >= 15 is 0 Å². The van der Waals surface area contributed by atoms with Gasteiger partial charge in [0.1, 0.15) is 0 Å². The van der Waals surface area contributed by atoms with Gasteiger partial charge in [0.15, 0.2) is 0 Å². The van der Waals surface area contributed by atoms with E-state index < -0.39 is 12.1 Å². The number of esters is 1. The molecule has 0 aliphatic rings. The molecule has 478 valence electrons. The summed E-state index contributed by atoms with van der Waals surface area (Å²) in [6.07, 6.45) is 85.9. The van der Waals surface area contributed by atoms with E-state index in [-0.39, 0.29) is 18.5 Å². The van der Waals surface area contributed by atoms with Crippen LogP contribution in [0.2, 0.25) is 0 Å². The third-order valence-corrected chi connectivity index (χ3v) is 17.9. The minimum atomic E-state index is -0.663. The van der Waals surface area contributed by atoms with Crippen molar-refractivity contribution < 1.29 is 24.5 Å². The Morgan fingerprint density at radius 2 is 0.512 bits per heavy atom. The zero-order valence-electron chi connectivity index (χ0n) is 54.9. The number of rotatable bonds is 71. The van der Waals surface area contributed by atoms with Gasteiger partial charge in [-0.2, -0.15) is 0 Å². The molecule has 0 saturated heterocycles. The molecule has 0 spiro atoms. The molecule has 0 heterocycles. The Kier molecular flexibility index (Phi) is 69.3. The molecule has 0 fully saturated rings. The molecule has 1 amide bonds. The van der Waals surface area contributed by atoms with Crippen molar-refractivity contribution in [3.05, 3.63) is 0 Å². The van der Waals surface area contributed by atoms with Gasteiger partial charge < -0.3 is 20.3 Å². The third-order valence-electron chi connectivity index (χ3n) is 17.9. The minimum absolute atomic E-state index is 0.0228. The van der Waals surface area contributed by atoms with Gasteiger partial charge >= 0.3 is 5.97 Å². The number of carbonyl (C=O) groups excluding carboxylic acids is 2. The predicted molar refractivity (Wildman–Crippen MR) is 352 cm³/mol. The molecule has 0 rings (SSSR count). The van der Waals surface area contributed by atoms with Crippen molar-refractivity contribution in [2.24, 2.45) is 0 Å². The van der Waals surface area contributed by atoms with E-state index in [9.17, 15) is 19.8 Å². The van der Waals surface area contributed by atoms with Gasteiger partial charge in [-0.3, -0.25) is 9.59 Å². The molecular formula is C74H147NO5. The standard InChI is InChI=1S/C74H147NO5/c1-3-5-7-9-11-13-15-17-19-21-30-34-38-42-46-50-54-58-62-66-72(77)71(70-76)75-73(78)67-63-59-55-51-47-43-39-35-32-28-26-24-23-25-27-29-33-37-41-45-49-53-57-61-65-69-80-74(79)68-64-60-56-52-48-44-40-36-31-22-20-18-16-14-12-10-8-6-4-2/h71-72,76-77H,3-70H2,1-2H3,(H,75,78). The smallest absolute Gasteiger partial charge is 0.305 e. The summed E-state index contributed by atoms with van der Waals surface area (Å²) in [6.45, 7) is 5.01. The Morgan fingerprint density at radius 3 is 0.762 bits per heavy atom. The summed E-state index contributed by atoms with van der Waals surface area (Å²) in [5, 5.41) is 23.4. The second-order valence-electron chi connectivity index (χ2n) is 26.0. The molecule has 2 unspecified atom stereocenters. The van der Waals surface area contributed by atoms with E-state index in [0.717, 1.165) is 38.5 Å². The Hall–Kier alpha value is -1.14. The first kappa shape index (κ1) is 78.9. The Morgan fingerprint density at radius 1 is 0.300 bits per heavy atom. The van der Waals surface area contributed by atoms with Crippen LogP contribution in [0.3, 0.4) is 0 Å². The highest BCUT2D eigenvalue weighted by molar-refractivity contribution is 5.76. The van der Waals surface area contributed by atoms with E-state index in [0.29, 0.717) is 25.9 Å². The van der Waals surface area contributed by atoms with Crippen molar-refractivity contribution in [2.45, 2.75) is 450 Å². The van der Waals surface area contributed by atoms with Gasteiger partial charge in [0.25, 0.3) is 0 Å². The molecule has 80 heavy (non-hydrogen) atoms. The summed E-state index contributed by atoms with van der Waals surface area (Å²) in [5.41, 5.74) is 0. The number of ether oxygens (including phenoxy) is 1. The molecule has 0 aliphatic carbocycles. The fourth-order valence-corrected chi connectivity index (χ4v) is 12.2. The Bertz CT molecular complexity index is 1160. The van der Waals surface area contributed by atoms with E-state index in [4.69, 9.17) is 4.74 Å². The van der Waals surface area contributed by atoms with Crippen LogP contribution in [-0.2, 0) is 14.3 Å². The van der Waals surface area contributed by atoms with Crippen LogP contribution < -0.4 is 5.32 Å². The first-order valence-corrected chi connectivity index (χ1v) is 37.3. The molecule has 0 radical (unpaired) electrons. The molecule has 6 nitrogen and oxygen atoms in total. The maximum atomic E-state index is 12.5. The maximum Gasteiger partial charge on any atom is 0.305 e. The second-order valence-corrected chi connectivity index (χ2v) is 26.0. The van der Waals surface area contributed by atoms with Crippen molar-refractivity contribution >= 4 is 11.9 Å². The summed E-state index contributed by atoms with van der Waals surface area (Å²) in [5.74, 6) is -0.00504. The molecule has 0 aliphatic heterocycles. The third kappa shape index (κ3) is 66.0. The first-order chi connectivity index (χ1) is 39.5. The second kappa shape index (κ2) is 70.3. The molecule has 3 N–H and O–H groups in total. The monoisotopic (exact) mass is 1130 g/mol. The average Bonchev–Trinajstić information content (AvgIpc) is 3.46. The van der Waals surface area contributed by atoms with Gasteiger partial charge in [0.05, 0.1) is 25.4 Å². The van der Waals surface area contributed by atoms with Crippen LogP contribution in [0, 0.1) is 0 Å². The van der Waals surface area contributed by atoms with E-state index in [1.165, 1.54) is 366 Å². The van der Waals surface area contributed by atoms with Crippen molar-refractivity contribution in [3.63, 3.8) is 0 Å². The molecule has 0 bridgehead atoms. The molecular weight excluding hydrogens is 983 g/mol. The van der Waals surface area contributed by atoms with Crippen LogP contribution in [-0.4, -0.2) is 47.4 Å². The SMILES string of the molecule is CCCCCCCCCCCCCCCCCCCCCC(=O)OCCCCCCCCCCCCCCCCCCCCCCCCCCCC(=O)NC(CO)C(O)CCCCCCCCCCCCCCCCCCCCC. The zero-order valence-corrected chi connectivity index (χ0v) is 54.9. The number of unbranched alkanes of at least 4 members (excludes halogenated alkanes) is 60. The lowest BCUT2D eigenvalue weighted by Crippen LogP contribution is -2.45. The van der Waals surface area contributed by atoms with Crippen LogP contribution in [0.4, 0.5) is 0 Å². The topological polar surface area (TPSA) is 95.9 Å².